The molecule has 0 aromatic heterocycles. The van der Waals surface area contributed by atoms with Gasteiger partial charge in [0, 0.05) is 30.8 Å². The van der Waals surface area contributed by atoms with Crippen LogP contribution in [-0.4, -0.2) is 37.0 Å². The average Bonchev–Trinajstić information content (AvgIpc) is 2.46. The van der Waals surface area contributed by atoms with Gasteiger partial charge in [-0.3, -0.25) is 4.79 Å². The second-order valence-electron chi connectivity index (χ2n) is 5.05. The van der Waals surface area contributed by atoms with Gasteiger partial charge in [0.25, 0.3) is 0 Å². The highest BCUT2D eigenvalue weighted by atomic mass is 16.5. The highest BCUT2D eigenvalue weighted by Crippen LogP contribution is 2.21. The van der Waals surface area contributed by atoms with Gasteiger partial charge < -0.3 is 9.64 Å². The van der Waals surface area contributed by atoms with E-state index in [1.807, 2.05) is 32.0 Å². The predicted octanol–water partition coefficient (Wildman–Crippen LogP) is 2.58. The van der Waals surface area contributed by atoms with Gasteiger partial charge in [0.2, 0.25) is 0 Å². The Balaban J connectivity index is 2.30. The van der Waals surface area contributed by atoms with E-state index in [2.05, 4.69) is 17.0 Å². The smallest absolute Gasteiger partial charge is 0.160 e. The lowest BCUT2D eigenvalue weighted by Crippen LogP contribution is -2.35. The number of carbonyl (C=O) groups is 1. The summed E-state index contributed by atoms with van der Waals surface area (Å²) in [6.45, 7) is 6.99. The monoisotopic (exact) mass is 259 g/mol. The van der Waals surface area contributed by atoms with E-state index < -0.39 is 0 Å². The lowest BCUT2D eigenvalue weighted by molar-refractivity contribution is -0.117. The minimum Gasteiger partial charge on any atom is -0.378 e. The van der Waals surface area contributed by atoms with Crippen LogP contribution in [-0.2, 0) is 9.53 Å². The number of carbonyl (C=O) groups excluding carboxylic acids is 1. The molecule has 0 amide bonds. The number of ether oxygens (including phenoxy) is 1. The highest BCUT2D eigenvalue weighted by molar-refractivity contribution is 5.97. The van der Waals surface area contributed by atoms with Crippen molar-refractivity contribution in [2.24, 2.45) is 5.92 Å². The summed E-state index contributed by atoms with van der Waals surface area (Å²) in [4.78, 5) is 14.3. The Morgan fingerprint density at radius 1 is 1.21 bits per heavy atom. The van der Waals surface area contributed by atoms with Crippen molar-refractivity contribution in [1.82, 2.24) is 4.90 Å². The molecule has 1 aromatic carbocycles. The Labute approximate surface area is 114 Å². The largest absolute Gasteiger partial charge is 0.378 e. The van der Waals surface area contributed by atoms with E-state index in [1.165, 1.54) is 0 Å². The molecule has 0 saturated carbocycles. The van der Waals surface area contributed by atoms with E-state index in [9.17, 15) is 4.79 Å². The molecule has 1 fully saturated rings. The van der Waals surface area contributed by atoms with Crippen LogP contribution < -0.4 is 0 Å². The van der Waals surface area contributed by atoms with Crippen LogP contribution in [0, 0.1) is 5.92 Å². The van der Waals surface area contributed by atoms with Crippen LogP contribution in [0.15, 0.2) is 36.4 Å². The standard InChI is InChI=1S/C16H21NO2/c1-13(2)16(18)12-15(14-6-4-3-5-7-14)17-8-10-19-11-9-17/h3-7,12-13H,8-11H2,1-2H3. The van der Waals surface area contributed by atoms with E-state index in [0.29, 0.717) is 0 Å². The molecule has 1 aromatic rings. The summed E-state index contributed by atoms with van der Waals surface area (Å²) in [7, 11) is 0. The molecule has 1 heterocycles. The summed E-state index contributed by atoms with van der Waals surface area (Å²) in [6, 6.07) is 10.1. The third kappa shape index (κ3) is 3.67. The Bertz CT molecular complexity index is 445. The van der Waals surface area contributed by atoms with Gasteiger partial charge in [-0.1, -0.05) is 44.2 Å². The minimum absolute atomic E-state index is 0.0275. The zero-order valence-corrected chi connectivity index (χ0v) is 11.6. The maximum Gasteiger partial charge on any atom is 0.160 e. The van der Waals surface area contributed by atoms with Crippen LogP contribution in [0.1, 0.15) is 19.4 Å². The third-order valence-corrected chi connectivity index (χ3v) is 3.27. The van der Waals surface area contributed by atoms with E-state index in [1.54, 1.807) is 6.08 Å². The average molecular weight is 259 g/mol. The quantitative estimate of drug-likeness (QED) is 0.778. The van der Waals surface area contributed by atoms with Crippen LogP contribution in [0.4, 0.5) is 0 Å². The van der Waals surface area contributed by atoms with Gasteiger partial charge in [0.1, 0.15) is 0 Å². The molecular weight excluding hydrogens is 238 g/mol. The van der Waals surface area contributed by atoms with Gasteiger partial charge in [0.05, 0.1) is 13.2 Å². The van der Waals surface area contributed by atoms with Gasteiger partial charge in [-0.05, 0) is 5.56 Å². The van der Waals surface area contributed by atoms with Crippen molar-refractivity contribution >= 4 is 11.5 Å². The van der Waals surface area contributed by atoms with Crippen molar-refractivity contribution in [1.29, 1.82) is 0 Å². The molecule has 102 valence electrons. The molecule has 2 rings (SSSR count). The number of rotatable bonds is 4. The number of hydrogen-bond acceptors (Lipinski definition) is 3. The molecule has 0 radical (unpaired) electrons. The first-order valence-electron chi connectivity index (χ1n) is 6.82. The molecule has 0 bridgehead atoms. The van der Waals surface area contributed by atoms with Crippen LogP contribution in [0.25, 0.3) is 5.70 Å². The van der Waals surface area contributed by atoms with Gasteiger partial charge in [-0.15, -0.1) is 0 Å². The van der Waals surface area contributed by atoms with Crippen molar-refractivity contribution < 1.29 is 9.53 Å². The first-order chi connectivity index (χ1) is 9.18. The van der Waals surface area contributed by atoms with E-state index >= 15 is 0 Å². The molecule has 3 nitrogen and oxygen atoms in total. The van der Waals surface area contributed by atoms with E-state index in [4.69, 9.17) is 4.74 Å². The molecule has 1 aliphatic heterocycles. The molecule has 1 aliphatic rings. The maximum atomic E-state index is 12.0. The maximum absolute atomic E-state index is 12.0. The summed E-state index contributed by atoms with van der Waals surface area (Å²) >= 11 is 0. The normalized spacial score (nSPS) is 16.8. The molecule has 19 heavy (non-hydrogen) atoms. The van der Waals surface area contributed by atoms with Crippen molar-refractivity contribution in [2.75, 3.05) is 26.3 Å². The lowest BCUT2D eigenvalue weighted by Gasteiger charge is -2.31. The topological polar surface area (TPSA) is 29.5 Å². The zero-order valence-electron chi connectivity index (χ0n) is 11.6. The number of morpholine rings is 1. The van der Waals surface area contributed by atoms with Crippen LogP contribution in [0.2, 0.25) is 0 Å². The first-order valence-corrected chi connectivity index (χ1v) is 6.82. The molecule has 0 atom stereocenters. The summed E-state index contributed by atoms with van der Waals surface area (Å²) < 4.78 is 5.38. The summed E-state index contributed by atoms with van der Waals surface area (Å²) in [6.07, 6.45) is 1.78. The molecule has 0 unspecified atom stereocenters. The number of nitrogens with zero attached hydrogens (tertiary/aromatic N) is 1. The van der Waals surface area contributed by atoms with Crippen molar-refractivity contribution in [3.05, 3.63) is 42.0 Å². The fourth-order valence-electron chi connectivity index (χ4n) is 2.07. The fraction of sp³-hybridized carbons (Fsp3) is 0.438. The van der Waals surface area contributed by atoms with Gasteiger partial charge in [-0.25, -0.2) is 0 Å². The highest BCUT2D eigenvalue weighted by Gasteiger charge is 2.17. The number of benzene rings is 1. The number of hydrogen-bond donors (Lipinski definition) is 0. The first kappa shape index (κ1) is 13.8. The minimum atomic E-state index is 0.0275. The second kappa shape index (κ2) is 6.53. The molecule has 1 saturated heterocycles. The molecule has 0 N–H and O–H groups in total. The van der Waals surface area contributed by atoms with Crippen LogP contribution in [0.5, 0.6) is 0 Å². The lowest BCUT2D eigenvalue weighted by atomic mass is 10.0. The van der Waals surface area contributed by atoms with Crippen LogP contribution >= 0.6 is 0 Å². The van der Waals surface area contributed by atoms with Gasteiger partial charge in [-0.2, -0.15) is 0 Å². The Morgan fingerprint density at radius 3 is 2.42 bits per heavy atom. The van der Waals surface area contributed by atoms with E-state index in [0.717, 1.165) is 37.6 Å². The molecule has 0 aliphatic carbocycles. The molecular formula is C16H21NO2. The van der Waals surface area contributed by atoms with E-state index in [-0.39, 0.29) is 11.7 Å². The number of ketones is 1. The summed E-state index contributed by atoms with van der Waals surface area (Å²) in [5.41, 5.74) is 2.11. The SMILES string of the molecule is CC(C)C(=O)C=C(c1ccccc1)N1CCOCC1. The number of allylic oxidation sites excluding steroid dienone is 1. The predicted molar refractivity (Wildman–Crippen MR) is 76.7 cm³/mol. The zero-order chi connectivity index (χ0) is 13.7. The molecule has 0 spiro atoms. The van der Waals surface area contributed by atoms with Gasteiger partial charge >= 0.3 is 0 Å². The van der Waals surface area contributed by atoms with Crippen molar-refractivity contribution in [3.63, 3.8) is 0 Å². The Hall–Kier alpha value is -1.61. The van der Waals surface area contributed by atoms with Crippen molar-refractivity contribution in [3.8, 4) is 0 Å². The third-order valence-electron chi connectivity index (χ3n) is 3.27. The molecule has 3 heteroatoms. The van der Waals surface area contributed by atoms with Gasteiger partial charge in [0.15, 0.2) is 5.78 Å². The summed E-state index contributed by atoms with van der Waals surface area (Å²) in [5.74, 6) is 0.199. The fourth-order valence-corrected chi connectivity index (χ4v) is 2.07. The van der Waals surface area contributed by atoms with Crippen molar-refractivity contribution in [2.45, 2.75) is 13.8 Å². The summed E-state index contributed by atoms with van der Waals surface area (Å²) in [5, 5.41) is 0. The Kier molecular flexibility index (Phi) is 4.74. The second-order valence-corrected chi connectivity index (χ2v) is 5.05. The Morgan fingerprint density at radius 2 is 1.84 bits per heavy atom. The van der Waals surface area contributed by atoms with Crippen LogP contribution in [0.3, 0.4) is 0 Å².